The Balaban J connectivity index is 1.09. The Morgan fingerprint density at radius 3 is 2.68 bits per heavy atom. The number of rotatable bonds is 6. The first-order chi connectivity index (χ1) is 19.6. The summed E-state index contributed by atoms with van der Waals surface area (Å²) in [6.07, 6.45) is 3.65. The van der Waals surface area contributed by atoms with Crippen molar-refractivity contribution in [3.8, 4) is 11.3 Å². The molecule has 2 fully saturated rings. The van der Waals surface area contributed by atoms with E-state index in [0.29, 0.717) is 45.6 Å². The Morgan fingerprint density at radius 1 is 1.24 bits per heavy atom. The van der Waals surface area contributed by atoms with E-state index in [1.807, 2.05) is 23.1 Å². The van der Waals surface area contributed by atoms with Crippen LogP contribution in [-0.2, 0) is 10.3 Å². The van der Waals surface area contributed by atoms with E-state index in [-0.39, 0.29) is 17.3 Å². The normalized spacial score (nSPS) is 23.8. The molecule has 3 aliphatic heterocycles. The Hall–Kier alpha value is -3.69. The van der Waals surface area contributed by atoms with Gasteiger partial charge in [0.1, 0.15) is 23.6 Å². The SMILES string of the molecule is CC1C(CO)=NC(C(F)(F)F)=NC1C(=O)N1CCC(N2CC(CN)(n3cc(-c4ncnc5[nH]ccc45)cn3)C2)CC1. The Morgan fingerprint density at radius 2 is 2.00 bits per heavy atom. The van der Waals surface area contributed by atoms with Crippen LogP contribution in [0.3, 0.4) is 0 Å². The Kier molecular flexibility index (Phi) is 6.90. The van der Waals surface area contributed by atoms with E-state index in [9.17, 15) is 23.1 Å². The highest BCUT2D eigenvalue weighted by atomic mass is 19.4. The zero-order chi connectivity index (χ0) is 28.9. The third kappa shape index (κ3) is 4.81. The van der Waals surface area contributed by atoms with Gasteiger partial charge in [-0.15, -0.1) is 0 Å². The first kappa shape index (κ1) is 27.5. The largest absolute Gasteiger partial charge is 0.451 e. The number of likely N-dealkylation sites (tertiary alicyclic amines) is 2. The van der Waals surface area contributed by atoms with Crippen molar-refractivity contribution in [2.24, 2.45) is 21.6 Å². The van der Waals surface area contributed by atoms with Crippen LogP contribution in [-0.4, -0.2) is 115 Å². The lowest BCUT2D eigenvalue weighted by molar-refractivity contribution is -0.135. The third-order valence-corrected chi connectivity index (χ3v) is 8.54. The number of hydrogen-bond donors (Lipinski definition) is 3. The standard InChI is InChI=1S/C26H31F3N10O2/c1-15-19(10-40)35-24(26(27,28)29)36-20(15)23(41)37-6-3-17(4-7-37)38-12-25(11-30,13-38)39-9-16(8-34-39)21-18-2-5-31-22(18)33-14-32-21/h2,5,8-9,14-15,17,20,40H,3-4,6-7,10-13,30H2,1H3,(H,31,32,33). The molecule has 15 heteroatoms. The minimum Gasteiger partial charge on any atom is -0.390 e. The molecule has 12 nitrogen and oxygen atoms in total. The lowest BCUT2D eigenvalue weighted by atomic mass is 9.86. The average molecular weight is 573 g/mol. The number of alkyl halides is 3. The number of aliphatic hydroxyl groups is 1. The Bertz CT molecular complexity index is 1500. The second-order valence-corrected chi connectivity index (χ2v) is 11.0. The average Bonchev–Trinajstić information content (AvgIpc) is 3.63. The van der Waals surface area contributed by atoms with Crippen molar-refractivity contribution in [1.29, 1.82) is 0 Å². The quantitative estimate of drug-likeness (QED) is 0.401. The van der Waals surface area contributed by atoms with Gasteiger partial charge in [0, 0.05) is 68.0 Å². The van der Waals surface area contributed by atoms with Crippen molar-refractivity contribution < 1.29 is 23.1 Å². The summed E-state index contributed by atoms with van der Waals surface area (Å²) in [6.45, 7) is 3.52. The van der Waals surface area contributed by atoms with Crippen LogP contribution in [0.25, 0.3) is 22.3 Å². The summed E-state index contributed by atoms with van der Waals surface area (Å²) >= 11 is 0. The van der Waals surface area contributed by atoms with Gasteiger partial charge in [-0.1, -0.05) is 6.92 Å². The molecule has 0 saturated carbocycles. The third-order valence-electron chi connectivity index (χ3n) is 8.54. The number of aromatic nitrogens is 5. The van der Waals surface area contributed by atoms with E-state index in [1.165, 1.54) is 6.33 Å². The number of amidine groups is 1. The van der Waals surface area contributed by atoms with Gasteiger partial charge in [-0.2, -0.15) is 18.3 Å². The first-order valence-electron chi connectivity index (χ1n) is 13.5. The fraction of sp³-hybridized carbons (Fsp3) is 0.538. The number of carbonyl (C=O) groups is 1. The van der Waals surface area contributed by atoms with Crippen LogP contribution >= 0.6 is 0 Å². The maximum atomic E-state index is 13.3. The number of aliphatic imine (C=N–C) groups is 2. The van der Waals surface area contributed by atoms with Crippen LogP contribution < -0.4 is 5.73 Å². The van der Waals surface area contributed by atoms with Crippen LogP contribution in [0.1, 0.15) is 19.8 Å². The van der Waals surface area contributed by atoms with Crippen molar-refractivity contribution >= 4 is 28.5 Å². The van der Waals surface area contributed by atoms with Crippen LogP contribution in [0.15, 0.2) is 41.0 Å². The minimum absolute atomic E-state index is 0.0849. The van der Waals surface area contributed by atoms with Gasteiger partial charge in [0.2, 0.25) is 11.7 Å². The van der Waals surface area contributed by atoms with Gasteiger partial charge in [0.25, 0.3) is 0 Å². The summed E-state index contributed by atoms with van der Waals surface area (Å²) in [4.78, 5) is 36.0. The maximum Gasteiger partial charge on any atom is 0.451 e. The second kappa shape index (κ2) is 10.3. The van der Waals surface area contributed by atoms with E-state index < -0.39 is 36.5 Å². The summed E-state index contributed by atoms with van der Waals surface area (Å²) in [6, 6.07) is 0.884. The molecule has 6 heterocycles. The minimum atomic E-state index is -4.79. The van der Waals surface area contributed by atoms with E-state index in [4.69, 9.17) is 5.73 Å². The van der Waals surface area contributed by atoms with Gasteiger partial charge in [-0.25, -0.2) is 20.0 Å². The van der Waals surface area contributed by atoms with Gasteiger partial charge >= 0.3 is 6.18 Å². The van der Waals surface area contributed by atoms with E-state index >= 15 is 0 Å². The molecule has 0 bridgehead atoms. The molecule has 6 rings (SSSR count). The highest BCUT2D eigenvalue weighted by Gasteiger charge is 2.48. The highest BCUT2D eigenvalue weighted by Crippen LogP contribution is 2.35. The van der Waals surface area contributed by atoms with Crippen molar-refractivity contribution in [1.82, 2.24) is 34.5 Å². The van der Waals surface area contributed by atoms with E-state index in [0.717, 1.165) is 22.3 Å². The monoisotopic (exact) mass is 572 g/mol. The summed E-state index contributed by atoms with van der Waals surface area (Å²) in [5.41, 5.74) is 8.21. The summed E-state index contributed by atoms with van der Waals surface area (Å²) in [7, 11) is 0. The van der Waals surface area contributed by atoms with E-state index in [2.05, 4.69) is 34.9 Å². The smallest absolute Gasteiger partial charge is 0.390 e. The van der Waals surface area contributed by atoms with Crippen LogP contribution in [0, 0.1) is 5.92 Å². The molecular weight excluding hydrogens is 541 g/mol. The number of aromatic amines is 1. The van der Waals surface area contributed by atoms with Crippen molar-refractivity contribution in [2.45, 2.75) is 43.6 Å². The maximum absolute atomic E-state index is 13.3. The van der Waals surface area contributed by atoms with Gasteiger partial charge < -0.3 is 20.7 Å². The van der Waals surface area contributed by atoms with Crippen molar-refractivity contribution in [3.05, 3.63) is 31.0 Å². The van der Waals surface area contributed by atoms with Gasteiger partial charge in [-0.05, 0) is 18.9 Å². The highest BCUT2D eigenvalue weighted by molar-refractivity contribution is 6.07. The molecule has 218 valence electrons. The van der Waals surface area contributed by atoms with E-state index in [1.54, 1.807) is 18.0 Å². The predicted octanol–water partition coefficient (Wildman–Crippen LogP) is 1.19. The van der Waals surface area contributed by atoms with Gasteiger partial charge in [-0.3, -0.25) is 14.4 Å². The second-order valence-electron chi connectivity index (χ2n) is 11.0. The predicted molar refractivity (Wildman–Crippen MR) is 144 cm³/mol. The zero-order valence-electron chi connectivity index (χ0n) is 22.4. The number of nitrogens with one attached hydrogen (secondary N) is 1. The van der Waals surface area contributed by atoms with Crippen LogP contribution in [0.4, 0.5) is 13.2 Å². The summed E-state index contributed by atoms with van der Waals surface area (Å²) in [5.74, 6) is -2.55. The molecule has 3 aromatic heterocycles. The number of H-pyrrole nitrogens is 1. The molecule has 1 amide bonds. The number of nitrogens with zero attached hydrogens (tertiary/aromatic N) is 8. The zero-order valence-corrected chi connectivity index (χ0v) is 22.4. The molecule has 3 aromatic rings. The molecule has 2 unspecified atom stereocenters. The Labute approximate surface area is 233 Å². The van der Waals surface area contributed by atoms with Crippen LogP contribution in [0.2, 0.25) is 0 Å². The molecule has 0 aromatic carbocycles. The molecule has 2 atom stereocenters. The number of hydrogen-bond acceptors (Lipinski definition) is 9. The molecule has 0 aliphatic carbocycles. The molecule has 2 saturated heterocycles. The summed E-state index contributed by atoms with van der Waals surface area (Å²) < 4.78 is 41.9. The first-order valence-corrected chi connectivity index (χ1v) is 13.5. The van der Waals surface area contributed by atoms with Crippen LogP contribution in [0.5, 0.6) is 0 Å². The number of aliphatic hydroxyl groups excluding tert-OH is 1. The van der Waals surface area contributed by atoms with Crippen molar-refractivity contribution in [3.63, 3.8) is 0 Å². The number of halogens is 3. The molecule has 4 N–H and O–H groups in total. The molecule has 3 aliphatic rings. The number of nitrogens with two attached hydrogens (primary N) is 1. The fourth-order valence-electron chi connectivity index (χ4n) is 6.06. The fourth-order valence-corrected chi connectivity index (χ4v) is 6.06. The number of fused-ring (bicyclic) bond motifs is 1. The topological polar surface area (TPSA) is 154 Å². The molecule has 0 radical (unpaired) electrons. The summed E-state index contributed by atoms with van der Waals surface area (Å²) in [5, 5.41) is 15.1. The van der Waals surface area contributed by atoms with Gasteiger partial charge in [0.05, 0.1) is 24.2 Å². The molecule has 0 spiro atoms. The lowest BCUT2D eigenvalue weighted by Gasteiger charge is -2.54. The number of amides is 1. The van der Waals surface area contributed by atoms with Gasteiger partial charge in [0.15, 0.2) is 0 Å². The molecule has 41 heavy (non-hydrogen) atoms. The number of piperidine rings is 1. The molecular formula is C26H31F3N10O2. The number of carbonyl (C=O) groups excluding carboxylic acids is 1. The van der Waals surface area contributed by atoms with Crippen molar-refractivity contribution in [2.75, 3.05) is 39.3 Å². The lowest BCUT2D eigenvalue weighted by Crippen LogP contribution is -2.69.